The van der Waals surface area contributed by atoms with Crippen LogP contribution in [-0.4, -0.2) is 38.5 Å². The summed E-state index contributed by atoms with van der Waals surface area (Å²) in [7, 11) is -3.61. The fourth-order valence-electron chi connectivity index (χ4n) is 4.57. The Morgan fingerprint density at radius 1 is 0.844 bits per heavy atom. The molecule has 2 N–H and O–H groups in total. The van der Waals surface area contributed by atoms with Gasteiger partial charge >= 0.3 is 0 Å². The quantitative estimate of drug-likeness (QED) is 0.217. The number of nitrogens with one attached hydrogen (secondary N) is 1. The fourth-order valence-corrected chi connectivity index (χ4v) is 5.04. The summed E-state index contributed by atoms with van der Waals surface area (Å²) in [6, 6.07) is 23.4. The molecule has 0 saturated heterocycles. The minimum absolute atomic E-state index is 0.147. The van der Waals surface area contributed by atoms with E-state index in [9.17, 15) is 13.5 Å². The van der Waals surface area contributed by atoms with Crippen LogP contribution in [0.2, 0.25) is 0 Å². The summed E-state index contributed by atoms with van der Waals surface area (Å²) in [6.07, 6.45) is 1.01. The van der Waals surface area contributed by atoms with Crippen molar-refractivity contribution < 1.29 is 17.7 Å². The van der Waals surface area contributed by atoms with Crippen LogP contribution >= 0.6 is 0 Å². The van der Waals surface area contributed by atoms with Crippen molar-refractivity contribution in [1.82, 2.24) is 5.32 Å². The molecule has 0 aliphatic rings. The molecule has 0 aliphatic heterocycles. The molecule has 1 atom stereocenters. The van der Waals surface area contributed by atoms with Crippen LogP contribution in [0.5, 0.6) is 0 Å². The summed E-state index contributed by atoms with van der Waals surface area (Å²) in [6.45, 7) is 1.81. The highest BCUT2D eigenvalue weighted by molar-refractivity contribution is 7.85. The Hall–Kier alpha value is -2.77. The molecule has 5 rings (SSSR count). The van der Waals surface area contributed by atoms with Crippen LogP contribution in [0, 0.1) is 0 Å². The molecule has 1 unspecified atom stereocenters. The zero-order valence-corrected chi connectivity index (χ0v) is 18.9. The normalized spacial score (nSPS) is 14.6. The van der Waals surface area contributed by atoms with Crippen LogP contribution in [0.4, 0.5) is 0 Å². The average molecular weight is 448 g/mol. The van der Waals surface area contributed by atoms with Gasteiger partial charge in [-0.3, -0.25) is 4.18 Å². The third-order valence-electron chi connectivity index (χ3n) is 6.28. The van der Waals surface area contributed by atoms with E-state index in [0.717, 1.165) is 22.6 Å². The summed E-state index contributed by atoms with van der Waals surface area (Å²) < 4.78 is 28.0. The van der Waals surface area contributed by atoms with Gasteiger partial charge in [0.05, 0.1) is 25.0 Å². The molecule has 0 spiro atoms. The van der Waals surface area contributed by atoms with Crippen LogP contribution in [0.25, 0.3) is 43.1 Å². The number of hydrogen-bond donors (Lipinski definition) is 2. The zero-order chi connectivity index (χ0) is 22.5. The Morgan fingerprint density at radius 2 is 1.50 bits per heavy atom. The first kappa shape index (κ1) is 21.1. The van der Waals surface area contributed by atoms with Crippen LogP contribution in [0.1, 0.15) is 12.5 Å². The Labute approximate surface area is 187 Å². The molecule has 0 radical (unpaired) electrons. The third-order valence-corrected chi connectivity index (χ3v) is 6.82. The summed E-state index contributed by atoms with van der Waals surface area (Å²) in [4.78, 5) is 0. The molecule has 0 aromatic heterocycles. The summed E-state index contributed by atoms with van der Waals surface area (Å²) >= 11 is 0. The lowest BCUT2D eigenvalue weighted by Crippen LogP contribution is -2.49. The van der Waals surface area contributed by atoms with Crippen molar-refractivity contribution in [3.8, 4) is 0 Å². The smallest absolute Gasteiger partial charge is 0.264 e. The molecule has 0 aliphatic carbocycles. The molecule has 32 heavy (non-hydrogen) atoms. The maximum Gasteiger partial charge on any atom is 0.264 e. The van der Waals surface area contributed by atoms with Crippen LogP contribution in [0.15, 0.2) is 66.7 Å². The topological polar surface area (TPSA) is 75.6 Å². The molecular formula is C26H25NO4S. The summed E-state index contributed by atoms with van der Waals surface area (Å²) in [5.74, 6) is 0. The molecule has 0 saturated carbocycles. The van der Waals surface area contributed by atoms with Crippen molar-refractivity contribution in [3.63, 3.8) is 0 Å². The maximum atomic E-state index is 11.5. The van der Waals surface area contributed by atoms with E-state index >= 15 is 0 Å². The van der Waals surface area contributed by atoms with Gasteiger partial charge in [-0.25, -0.2) is 0 Å². The fraction of sp³-hybridized carbons (Fsp3) is 0.231. The lowest BCUT2D eigenvalue weighted by molar-refractivity contribution is 0.118. The number of rotatable bonds is 7. The van der Waals surface area contributed by atoms with E-state index < -0.39 is 15.7 Å². The lowest BCUT2D eigenvalue weighted by atomic mass is 9.87. The molecule has 6 heteroatoms. The Balaban J connectivity index is 1.69. The number of benzene rings is 5. The summed E-state index contributed by atoms with van der Waals surface area (Å²) in [5, 5.41) is 22.9. The Morgan fingerprint density at radius 3 is 2.16 bits per heavy atom. The molecule has 164 valence electrons. The van der Waals surface area contributed by atoms with Gasteiger partial charge in [-0.15, -0.1) is 0 Å². The van der Waals surface area contributed by atoms with Gasteiger partial charge in [-0.1, -0.05) is 66.7 Å². The van der Waals surface area contributed by atoms with Gasteiger partial charge in [-0.2, -0.15) is 8.42 Å². The van der Waals surface area contributed by atoms with Crippen molar-refractivity contribution in [1.29, 1.82) is 0 Å². The van der Waals surface area contributed by atoms with Gasteiger partial charge in [0.1, 0.15) is 0 Å². The molecule has 0 fully saturated rings. The van der Waals surface area contributed by atoms with Crippen LogP contribution in [0.3, 0.4) is 0 Å². The predicted octanol–water partition coefficient (Wildman–Crippen LogP) is 4.55. The van der Waals surface area contributed by atoms with Gasteiger partial charge in [0, 0.05) is 6.54 Å². The Kier molecular flexibility index (Phi) is 5.06. The third kappa shape index (κ3) is 3.59. The second kappa shape index (κ2) is 7.67. The first-order chi connectivity index (χ1) is 15.3. The van der Waals surface area contributed by atoms with Gasteiger partial charge in [0.15, 0.2) is 0 Å². The molecular weight excluding hydrogens is 422 g/mol. The highest BCUT2D eigenvalue weighted by Gasteiger charge is 2.26. The van der Waals surface area contributed by atoms with Gasteiger partial charge in [-0.05, 0) is 55.6 Å². The van der Waals surface area contributed by atoms with Crippen LogP contribution in [-0.2, 0) is 20.8 Å². The van der Waals surface area contributed by atoms with Crippen LogP contribution < -0.4 is 5.32 Å². The van der Waals surface area contributed by atoms with Gasteiger partial charge in [0.25, 0.3) is 10.1 Å². The first-order valence-electron chi connectivity index (χ1n) is 10.6. The standard InChI is InChI=1S/C26H25NO4S/c1-26(15-28,16-31-32(2,29)30)27-14-23-20-9-4-3-8-19(20)21-12-10-17-6-5-7-18-11-13-22(23)25(21)24(17)18/h3-13,27-28H,14-16H2,1-2H3. The molecule has 5 aromatic rings. The second-order valence-electron chi connectivity index (χ2n) is 8.74. The number of aliphatic hydroxyl groups is 1. The van der Waals surface area contributed by atoms with Crippen molar-refractivity contribution in [2.24, 2.45) is 0 Å². The zero-order valence-electron chi connectivity index (χ0n) is 18.1. The minimum Gasteiger partial charge on any atom is -0.394 e. The second-order valence-corrected chi connectivity index (χ2v) is 10.4. The van der Waals surface area contributed by atoms with E-state index in [2.05, 4.69) is 59.9 Å². The maximum absolute atomic E-state index is 11.5. The number of aliphatic hydroxyl groups excluding tert-OH is 1. The molecule has 0 bridgehead atoms. The lowest BCUT2D eigenvalue weighted by Gasteiger charge is -2.29. The van der Waals surface area contributed by atoms with E-state index in [1.165, 1.54) is 32.3 Å². The molecule has 5 nitrogen and oxygen atoms in total. The minimum atomic E-state index is -3.61. The molecule has 0 heterocycles. The van der Waals surface area contributed by atoms with E-state index in [4.69, 9.17) is 4.18 Å². The van der Waals surface area contributed by atoms with Crippen molar-refractivity contribution in [2.45, 2.75) is 19.0 Å². The highest BCUT2D eigenvalue weighted by Crippen LogP contribution is 2.40. The largest absolute Gasteiger partial charge is 0.394 e. The van der Waals surface area contributed by atoms with Crippen molar-refractivity contribution >= 4 is 53.2 Å². The monoisotopic (exact) mass is 447 g/mol. The first-order valence-corrected chi connectivity index (χ1v) is 12.4. The Bertz CT molecular complexity index is 1550. The number of hydrogen-bond acceptors (Lipinski definition) is 5. The van der Waals surface area contributed by atoms with E-state index in [-0.39, 0.29) is 13.2 Å². The van der Waals surface area contributed by atoms with Crippen molar-refractivity contribution in [3.05, 3.63) is 72.3 Å². The predicted molar refractivity (Wildman–Crippen MR) is 131 cm³/mol. The SMILES string of the molecule is CC(CO)(COS(C)(=O)=O)NCc1c2ccccc2c2ccc3cccc4ccc1c2c43. The molecule has 0 amide bonds. The summed E-state index contributed by atoms with van der Waals surface area (Å²) in [5.41, 5.74) is 0.208. The number of fused-ring (bicyclic) bond motifs is 2. The van der Waals surface area contributed by atoms with E-state index in [1.54, 1.807) is 6.92 Å². The van der Waals surface area contributed by atoms with E-state index in [0.29, 0.717) is 6.54 Å². The highest BCUT2D eigenvalue weighted by atomic mass is 32.2. The average Bonchev–Trinajstić information content (AvgIpc) is 2.79. The molecule has 5 aromatic carbocycles. The van der Waals surface area contributed by atoms with Gasteiger partial charge < -0.3 is 10.4 Å². The van der Waals surface area contributed by atoms with Gasteiger partial charge in [0.2, 0.25) is 0 Å². The van der Waals surface area contributed by atoms with E-state index in [1.807, 2.05) is 12.1 Å². The van der Waals surface area contributed by atoms with Crippen molar-refractivity contribution in [2.75, 3.05) is 19.5 Å².